The third-order valence-corrected chi connectivity index (χ3v) is 3.20. The van der Waals surface area contributed by atoms with Gasteiger partial charge in [-0.05, 0) is 34.1 Å². The minimum absolute atomic E-state index is 0.140. The van der Waals surface area contributed by atoms with Gasteiger partial charge < -0.3 is 9.32 Å². The molecule has 2 rings (SSSR count). The maximum atomic E-state index is 11.7. The van der Waals surface area contributed by atoms with Crippen molar-refractivity contribution < 1.29 is 9.21 Å². The molecular formula is C11H9Br2NO2. The minimum atomic E-state index is -0.140. The van der Waals surface area contributed by atoms with Crippen LogP contribution >= 0.6 is 31.9 Å². The van der Waals surface area contributed by atoms with Gasteiger partial charge in [0.1, 0.15) is 5.58 Å². The highest BCUT2D eigenvalue weighted by atomic mass is 79.9. The number of amides is 1. The molecule has 0 fully saturated rings. The third kappa shape index (κ3) is 2.01. The normalized spacial score (nSPS) is 10.8. The Hall–Kier alpha value is -0.810. The average Bonchev–Trinajstić information content (AvgIpc) is 2.60. The van der Waals surface area contributed by atoms with Gasteiger partial charge in [0.25, 0.3) is 5.91 Å². The lowest BCUT2D eigenvalue weighted by Crippen LogP contribution is -2.20. The number of carbonyl (C=O) groups is 1. The molecular weight excluding hydrogens is 338 g/mol. The van der Waals surface area contributed by atoms with E-state index in [0.717, 1.165) is 14.3 Å². The van der Waals surface area contributed by atoms with E-state index in [1.54, 1.807) is 20.2 Å². The van der Waals surface area contributed by atoms with Crippen LogP contribution in [0.5, 0.6) is 0 Å². The summed E-state index contributed by atoms with van der Waals surface area (Å²) in [4.78, 5) is 13.2. The number of carbonyl (C=O) groups excluding carboxylic acids is 1. The van der Waals surface area contributed by atoms with E-state index in [2.05, 4.69) is 31.9 Å². The van der Waals surface area contributed by atoms with Gasteiger partial charge in [0.05, 0.1) is 4.47 Å². The van der Waals surface area contributed by atoms with Crippen molar-refractivity contribution in [2.45, 2.75) is 0 Å². The smallest absolute Gasteiger partial charge is 0.289 e. The second-order valence-electron chi connectivity index (χ2n) is 3.62. The van der Waals surface area contributed by atoms with Crippen molar-refractivity contribution in [2.24, 2.45) is 0 Å². The molecule has 84 valence electrons. The second kappa shape index (κ2) is 4.22. The van der Waals surface area contributed by atoms with Crippen LogP contribution < -0.4 is 0 Å². The van der Waals surface area contributed by atoms with E-state index in [1.165, 1.54) is 4.90 Å². The van der Waals surface area contributed by atoms with Gasteiger partial charge in [0.2, 0.25) is 0 Å². The summed E-state index contributed by atoms with van der Waals surface area (Å²) in [7, 11) is 3.39. The van der Waals surface area contributed by atoms with Crippen LogP contribution in [0.1, 0.15) is 10.6 Å². The van der Waals surface area contributed by atoms with Crippen LogP contribution in [0, 0.1) is 0 Å². The van der Waals surface area contributed by atoms with E-state index < -0.39 is 0 Å². The van der Waals surface area contributed by atoms with Crippen LogP contribution in [-0.4, -0.2) is 24.9 Å². The van der Waals surface area contributed by atoms with Crippen molar-refractivity contribution in [1.29, 1.82) is 0 Å². The summed E-state index contributed by atoms with van der Waals surface area (Å²) in [6.45, 7) is 0. The van der Waals surface area contributed by atoms with Gasteiger partial charge in [-0.15, -0.1) is 0 Å². The van der Waals surface area contributed by atoms with E-state index in [4.69, 9.17) is 4.42 Å². The first-order valence-corrected chi connectivity index (χ1v) is 6.18. The van der Waals surface area contributed by atoms with Crippen molar-refractivity contribution in [3.05, 3.63) is 32.9 Å². The summed E-state index contributed by atoms with van der Waals surface area (Å²) in [6, 6.07) is 5.54. The van der Waals surface area contributed by atoms with Gasteiger partial charge in [0, 0.05) is 24.0 Å². The summed E-state index contributed by atoms with van der Waals surface area (Å²) in [5.41, 5.74) is 0.688. The molecule has 1 aromatic carbocycles. The summed E-state index contributed by atoms with van der Waals surface area (Å²) >= 11 is 6.79. The highest BCUT2D eigenvalue weighted by molar-refractivity contribution is 9.11. The third-order valence-electron chi connectivity index (χ3n) is 2.15. The first-order valence-electron chi connectivity index (χ1n) is 4.59. The number of furan rings is 1. The average molecular weight is 347 g/mol. The molecule has 0 unspecified atom stereocenters. The molecule has 3 nitrogen and oxygen atoms in total. The fourth-order valence-corrected chi connectivity index (χ4v) is 2.74. The van der Waals surface area contributed by atoms with E-state index in [-0.39, 0.29) is 5.91 Å². The van der Waals surface area contributed by atoms with Crippen molar-refractivity contribution >= 4 is 48.7 Å². The highest BCUT2D eigenvalue weighted by Gasteiger charge is 2.15. The van der Waals surface area contributed by atoms with E-state index in [1.807, 2.05) is 12.1 Å². The van der Waals surface area contributed by atoms with Crippen molar-refractivity contribution in [2.75, 3.05) is 14.1 Å². The molecule has 0 saturated heterocycles. The fourth-order valence-electron chi connectivity index (χ4n) is 1.40. The van der Waals surface area contributed by atoms with E-state index >= 15 is 0 Å². The predicted molar refractivity (Wildman–Crippen MR) is 69.6 cm³/mol. The number of nitrogens with zero attached hydrogens (tertiary/aromatic N) is 1. The molecule has 2 aromatic rings. The monoisotopic (exact) mass is 345 g/mol. The summed E-state index contributed by atoms with van der Waals surface area (Å²) in [5.74, 6) is 0.207. The molecule has 0 N–H and O–H groups in total. The number of hydrogen-bond donors (Lipinski definition) is 0. The molecule has 0 aliphatic carbocycles. The Bertz CT molecular complexity index is 560. The molecule has 0 atom stereocenters. The fraction of sp³-hybridized carbons (Fsp3) is 0.182. The summed E-state index contributed by atoms with van der Waals surface area (Å²) < 4.78 is 7.29. The maximum Gasteiger partial charge on any atom is 0.289 e. The van der Waals surface area contributed by atoms with Crippen LogP contribution in [0.2, 0.25) is 0 Å². The topological polar surface area (TPSA) is 33.5 Å². The Morgan fingerprint density at radius 3 is 2.56 bits per heavy atom. The van der Waals surface area contributed by atoms with Gasteiger partial charge >= 0.3 is 0 Å². The number of rotatable bonds is 1. The van der Waals surface area contributed by atoms with E-state index in [9.17, 15) is 4.79 Å². The minimum Gasteiger partial charge on any atom is -0.450 e. The Labute approximate surface area is 110 Å². The van der Waals surface area contributed by atoms with Crippen molar-refractivity contribution in [3.63, 3.8) is 0 Å². The van der Waals surface area contributed by atoms with Gasteiger partial charge in [-0.25, -0.2) is 0 Å². The molecule has 0 radical (unpaired) electrons. The molecule has 5 heteroatoms. The first-order chi connectivity index (χ1) is 7.49. The van der Waals surface area contributed by atoms with Crippen LogP contribution in [0.25, 0.3) is 11.0 Å². The van der Waals surface area contributed by atoms with Crippen LogP contribution in [0.15, 0.2) is 31.6 Å². The molecule has 1 aromatic heterocycles. The lowest BCUT2D eigenvalue weighted by molar-refractivity contribution is 0.0799. The molecule has 1 heterocycles. The number of benzene rings is 1. The quantitative estimate of drug-likeness (QED) is 0.789. The van der Waals surface area contributed by atoms with Crippen molar-refractivity contribution in [1.82, 2.24) is 4.90 Å². The number of hydrogen-bond acceptors (Lipinski definition) is 2. The Kier molecular flexibility index (Phi) is 3.08. The van der Waals surface area contributed by atoms with Crippen LogP contribution in [0.4, 0.5) is 0 Å². The zero-order valence-electron chi connectivity index (χ0n) is 8.75. The van der Waals surface area contributed by atoms with Gasteiger partial charge in [-0.2, -0.15) is 0 Å². The lowest BCUT2D eigenvalue weighted by Gasteiger charge is -2.06. The molecule has 0 spiro atoms. The van der Waals surface area contributed by atoms with Gasteiger partial charge in [0.15, 0.2) is 5.76 Å². The lowest BCUT2D eigenvalue weighted by atomic mass is 10.2. The van der Waals surface area contributed by atoms with E-state index in [0.29, 0.717) is 11.3 Å². The zero-order valence-corrected chi connectivity index (χ0v) is 11.9. The highest BCUT2D eigenvalue weighted by Crippen LogP contribution is 2.31. The number of fused-ring (bicyclic) bond motifs is 1. The molecule has 16 heavy (non-hydrogen) atoms. The van der Waals surface area contributed by atoms with Crippen molar-refractivity contribution in [3.8, 4) is 0 Å². The second-order valence-corrected chi connectivity index (χ2v) is 5.39. The SMILES string of the molecule is CN(C)C(=O)c1cc2cc(Br)cc(Br)c2o1. The summed E-state index contributed by atoms with van der Waals surface area (Å²) in [5, 5.41) is 0.895. The molecule has 0 aliphatic rings. The first kappa shape index (κ1) is 11.7. The predicted octanol–water partition coefficient (Wildman–Crippen LogP) is 3.66. The van der Waals surface area contributed by atoms with Crippen LogP contribution in [-0.2, 0) is 0 Å². The molecule has 1 amide bonds. The maximum absolute atomic E-state index is 11.7. The number of halogens is 2. The van der Waals surface area contributed by atoms with Gasteiger partial charge in [-0.1, -0.05) is 15.9 Å². The standard InChI is InChI=1S/C11H9Br2NO2/c1-14(2)11(15)9-4-6-3-7(12)5-8(13)10(6)16-9/h3-5H,1-2H3. The Morgan fingerprint density at radius 1 is 1.25 bits per heavy atom. The Morgan fingerprint density at radius 2 is 1.94 bits per heavy atom. The Balaban J connectivity index is 2.60. The molecule has 0 bridgehead atoms. The summed E-state index contributed by atoms with van der Waals surface area (Å²) in [6.07, 6.45) is 0. The molecule has 0 aliphatic heterocycles. The zero-order chi connectivity index (χ0) is 11.9. The van der Waals surface area contributed by atoms with Crippen LogP contribution in [0.3, 0.4) is 0 Å². The van der Waals surface area contributed by atoms with Gasteiger partial charge in [-0.3, -0.25) is 4.79 Å². The largest absolute Gasteiger partial charge is 0.450 e. The molecule has 0 saturated carbocycles.